The third-order valence-electron chi connectivity index (χ3n) is 10.5. The van der Waals surface area contributed by atoms with Crippen LogP contribution in [0.15, 0.2) is 156 Å². The minimum Gasteiger partial charge on any atom is -0.435 e. The van der Waals surface area contributed by atoms with E-state index < -0.39 is 0 Å². The first-order valence-electron chi connectivity index (χ1n) is 18.1. The van der Waals surface area contributed by atoms with Gasteiger partial charge in [-0.25, -0.2) is 9.97 Å². The van der Waals surface area contributed by atoms with E-state index >= 15 is 0 Å². The van der Waals surface area contributed by atoms with Crippen molar-refractivity contribution in [3.63, 3.8) is 0 Å². The highest BCUT2D eigenvalue weighted by Crippen LogP contribution is 2.39. The molecule has 0 atom stereocenters. The molecule has 0 N–H and O–H groups in total. The molecule has 0 radical (unpaired) electrons. The van der Waals surface area contributed by atoms with Gasteiger partial charge in [-0.3, -0.25) is 4.57 Å². The van der Waals surface area contributed by atoms with Crippen LogP contribution in [0.2, 0.25) is 0 Å². The van der Waals surface area contributed by atoms with Crippen LogP contribution in [-0.2, 0) is 0 Å². The Balaban J connectivity index is 1.19. The Morgan fingerprint density at radius 3 is 1.63 bits per heavy atom. The fourth-order valence-corrected chi connectivity index (χ4v) is 8.25. The zero-order valence-electron chi connectivity index (χ0n) is 29.6. The van der Waals surface area contributed by atoms with E-state index in [1.807, 2.05) is 18.2 Å². The summed E-state index contributed by atoms with van der Waals surface area (Å²) in [7, 11) is 0. The standard InChI is InChI=1S/C48H31N5O/c1-28-24-29(2)26-31(25-28)47-49-41-19-11-18-39(44(41)54-47)46-50-45(51-48(52-46)53-42-20-9-7-16-37(42)38-17-8-10-21-43(38)53)30-22-23-36-34-14-4-3-12-32(34)33-13-5-6-15-35(33)40(36)27-30/h3-27H,1-2H3. The van der Waals surface area contributed by atoms with Gasteiger partial charge >= 0.3 is 0 Å². The molecule has 11 rings (SSSR count). The van der Waals surface area contributed by atoms with Gasteiger partial charge in [-0.2, -0.15) is 9.97 Å². The highest BCUT2D eigenvalue weighted by Gasteiger charge is 2.21. The molecule has 0 fully saturated rings. The minimum atomic E-state index is 0.508. The monoisotopic (exact) mass is 693 g/mol. The van der Waals surface area contributed by atoms with E-state index in [-0.39, 0.29) is 0 Å². The summed E-state index contributed by atoms with van der Waals surface area (Å²) in [6, 6.07) is 53.0. The molecule has 0 unspecified atom stereocenters. The molecule has 11 aromatic rings. The molecular formula is C48H31N5O. The van der Waals surface area contributed by atoms with Crippen LogP contribution in [-0.4, -0.2) is 24.5 Å². The minimum absolute atomic E-state index is 0.508. The lowest BCUT2D eigenvalue weighted by Gasteiger charge is -2.13. The third kappa shape index (κ3) is 4.67. The molecule has 3 aromatic heterocycles. The van der Waals surface area contributed by atoms with Crippen LogP contribution < -0.4 is 0 Å². The van der Waals surface area contributed by atoms with E-state index in [2.05, 4.69) is 152 Å². The number of benzene rings is 8. The molecule has 8 aromatic carbocycles. The van der Waals surface area contributed by atoms with Crippen LogP contribution in [0.1, 0.15) is 11.1 Å². The highest BCUT2D eigenvalue weighted by molar-refractivity contribution is 6.25. The SMILES string of the molecule is Cc1cc(C)cc(-c2nc3cccc(-c4nc(-c5ccc6c7ccccc7c7ccccc7c6c5)nc(-n5c6ccccc6c6ccccc65)n4)c3o2)c1. The molecule has 6 heteroatoms. The van der Waals surface area contributed by atoms with E-state index in [4.69, 9.17) is 24.4 Å². The van der Waals surface area contributed by atoms with Gasteiger partial charge in [0.25, 0.3) is 0 Å². The summed E-state index contributed by atoms with van der Waals surface area (Å²) < 4.78 is 8.74. The number of nitrogens with zero attached hydrogens (tertiary/aromatic N) is 5. The molecule has 0 saturated heterocycles. The van der Waals surface area contributed by atoms with E-state index in [1.165, 1.54) is 26.9 Å². The molecular weight excluding hydrogens is 663 g/mol. The van der Waals surface area contributed by atoms with Crippen molar-refractivity contribution in [2.24, 2.45) is 0 Å². The predicted octanol–water partition coefficient (Wildman–Crippen LogP) is 12.2. The van der Waals surface area contributed by atoms with Gasteiger partial charge in [-0.15, -0.1) is 0 Å². The van der Waals surface area contributed by atoms with E-state index in [1.54, 1.807) is 0 Å². The summed E-state index contributed by atoms with van der Waals surface area (Å²) in [5, 5.41) is 9.48. The fourth-order valence-electron chi connectivity index (χ4n) is 8.25. The lowest BCUT2D eigenvalue weighted by molar-refractivity contribution is 0.620. The fraction of sp³-hybridized carbons (Fsp3) is 0.0417. The number of aryl methyl sites for hydroxylation is 2. The van der Waals surface area contributed by atoms with Crippen LogP contribution in [0.4, 0.5) is 0 Å². The van der Waals surface area contributed by atoms with E-state index in [0.29, 0.717) is 29.1 Å². The summed E-state index contributed by atoms with van der Waals surface area (Å²) in [6.45, 7) is 4.18. The van der Waals surface area contributed by atoms with Crippen LogP contribution in [0.25, 0.3) is 105 Å². The van der Waals surface area contributed by atoms with Crippen molar-refractivity contribution in [1.29, 1.82) is 0 Å². The molecule has 54 heavy (non-hydrogen) atoms. The summed E-state index contributed by atoms with van der Waals surface area (Å²) in [4.78, 5) is 20.7. The maximum Gasteiger partial charge on any atom is 0.238 e. The van der Waals surface area contributed by atoms with Gasteiger partial charge in [-0.1, -0.05) is 120 Å². The number of rotatable bonds is 4. The van der Waals surface area contributed by atoms with Crippen molar-refractivity contribution in [3.8, 4) is 40.2 Å². The number of hydrogen-bond acceptors (Lipinski definition) is 5. The molecule has 6 nitrogen and oxygen atoms in total. The maximum absolute atomic E-state index is 6.59. The number of oxazole rings is 1. The molecule has 0 aliphatic carbocycles. The topological polar surface area (TPSA) is 69.6 Å². The van der Waals surface area contributed by atoms with E-state index in [0.717, 1.165) is 60.5 Å². The average molecular weight is 694 g/mol. The molecule has 0 aliphatic rings. The first-order valence-corrected chi connectivity index (χ1v) is 18.1. The third-order valence-corrected chi connectivity index (χ3v) is 10.5. The Labute approximate surface area is 310 Å². The second-order valence-corrected chi connectivity index (χ2v) is 14.1. The van der Waals surface area contributed by atoms with Crippen LogP contribution >= 0.6 is 0 Å². The highest BCUT2D eigenvalue weighted by atomic mass is 16.3. The van der Waals surface area contributed by atoms with Crippen molar-refractivity contribution in [3.05, 3.63) is 163 Å². The van der Waals surface area contributed by atoms with Crippen LogP contribution in [0.5, 0.6) is 0 Å². The number of para-hydroxylation sites is 3. The second kappa shape index (κ2) is 11.7. The molecule has 0 amide bonds. The molecule has 3 heterocycles. The molecule has 254 valence electrons. The van der Waals surface area contributed by atoms with Gasteiger partial charge in [0.15, 0.2) is 17.2 Å². The first kappa shape index (κ1) is 30.4. The lowest BCUT2D eigenvalue weighted by atomic mass is 9.93. The Morgan fingerprint density at radius 1 is 0.426 bits per heavy atom. The van der Waals surface area contributed by atoms with Crippen molar-refractivity contribution in [2.75, 3.05) is 0 Å². The van der Waals surface area contributed by atoms with Crippen molar-refractivity contribution in [2.45, 2.75) is 13.8 Å². The summed E-state index contributed by atoms with van der Waals surface area (Å²) in [5.41, 5.74) is 8.31. The summed E-state index contributed by atoms with van der Waals surface area (Å²) >= 11 is 0. The lowest BCUT2D eigenvalue weighted by Crippen LogP contribution is -2.06. The number of aromatic nitrogens is 5. The first-order chi connectivity index (χ1) is 26.6. The maximum atomic E-state index is 6.59. The van der Waals surface area contributed by atoms with Gasteiger partial charge in [-0.05, 0) is 88.6 Å². The smallest absolute Gasteiger partial charge is 0.238 e. The quantitative estimate of drug-likeness (QED) is 0.172. The molecule has 0 spiro atoms. The van der Waals surface area contributed by atoms with Crippen molar-refractivity contribution >= 4 is 65.2 Å². The largest absolute Gasteiger partial charge is 0.435 e. The number of fused-ring (bicyclic) bond motifs is 10. The van der Waals surface area contributed by atoms with Gasteiger partial charge in [0, 0.05) is 21.9 Å². The van der Waals surface area contributed by atoms with Gasteiger partial charge in [0.1, 0.15) is 5.52 Å². The van der Waals surface area contributed by atoms with Crippen molar-refractivity contribution in [1.82, 2.24) is 24.5 Å². The molecule has 0 aliphatic heterocycles. The summed E-state index contributed by atoms with van der Waals surface area (Å²) in [6.07, 6.45) is 0. The van der Waals surface area contributed by atoms with Gasteiger partial charge < -0.3 is 4.42 Å². The van der Waals surface area contributed by atoms with Gasteiger partial charge in [0.2, 0.25) is 11.8 Å². The normalized spacial score (nSPS) is 11.9. The Kier molecular flexibility index (Phi) is 6.58. The van der Waals surface area contributed by atoms with Crippen LogP contribution in [0, 0.1) is 13.8 Å². The average Bonchev–Trinajstić information content (AvgIpc) is 3.80. The Morgan fingerprint density at radius 2 is 0.981 bits per heavy atom. The zero-order valence-corrected chi connectivity index (χ0v) is 29.6. The predicted molar refractivity (Wildman–Crippen MR) is 220 cm³/mol. The van der Waals surface area contributed by atoms with Crippen molar-refractivity contribution < 1.29 is 4.42 Å². The van der Waals surface area contributed by atoms with Crippen LogP contribution in [0.3, 0.4) is 0 Å². The van der Waals surface area contributed by atoms with Gasteiger partial charge in [0.05, 0.1) is 16.6 Å². The van der Waals surface area contributed by atoms with E-state index in [9.17, 15) is 0 Å². The molecule has 0 bridgehead atoms. The summed E-state index contributed by atoms with van der Waals surface area (Å²) in [5.74, 6) is 2.17. The Hall–Kier alpha value is -7.18. The Bertz CT molecular complexity index is 3210. The number of hydrogen-bond donors (Lipinski definition) is 0. The second-order valence-electron chi connectivity index (χ2n) is 14.1. The molecule has 0 saturated carbocycles. The zero-order chi connectivity index (χ0) is 35.9.